The van der Waals surface area contributed by atoms with Gasteiger partial charge < -0.3 is 10.0 Å². The van der Waals surface area contributed by atoms with Crippen molar-refractivity contribution in [3.05, 3.63) is 30.3 Å². The van der Waals surface area contributed by atoms with Gasteiger partial charge in [0.05, 0.1) is 6.42 Å². The topological polar surface area (TPSA) is 57.6 Å². The van der Waals surface area contributed by atoms with E-state index in [1.54, 1.807) is 16.7 Å². The number of nitrogens with zero attached hydrogens (tertiary/aromatic N) is 1. The van der Waals surface area contributed by atoms with Gasteiger partial charge in [-0.25, -0.2) is 0 Å². The highest BCUT2D eigenvalue weighted by Gasteiger charge is 2.27. The molecule has 114 valence electrons. The molecule has 1 aromatic carbocycles. The lowest BCUT2D eigenvalue weighted by Crippen LogP contribution is -2.44. The molecule has 1 unspecified atom stereocenters. The minimum atomic E-state index is -0.821. The number of carboxylic acid groups (broad SMARTS) is 1. The quantitative estimate of drug-likeness (QED) is 0.821. The summed E-state index contributed by atoms with van der Waals surface area (Å²) < 4.78 is 0. The molecule has 1 atom stereocenters. The number of thioether (sulfide) groups is 1. The lowest BCUT2D eigenvalue weighted by atomic mass is 9.99. The molecular weight excluding hydrogens is 286 g/mol. The van der Waals surface area contributed by atoms with Crippen LogP contribution in [0.2, 0.25) is 0 Å². The summed E-state index contributed by atoms with van der Waals surface area (Å²) in [6.07, 6.45) is 3.34. The number of amides is 1. The SMILES string of the molecule is O=C(O)CC1CCCCN1C(=O)CCSc1ccccc1. The highest BCUT2D eigenvalue weighted by atomic mass is 32.2. The van der Waals surface area contributed by atoms with Gasteiger partial charge in [0.25, 0.3) is 0 Å². The van der Waals surface area contributed by atoms with Crippen LogP contribution in [-0.2, 0) is 9.59 Å². The molecule has 1 saturated heterocycles. The molecular formula is C16H21NO3S. The van der Waals surface area contributed by atoms with E-state index in [1.807, 2.05) is 30.3 Å². The average molecular weight is 307 g/mol. The Morgan fingerprint density at radius 2 is 2.00 bits per heavy atom. The first kappa shape index (κ1) is 15.9. The lowest BCUT2D eigenvalue weighted by molar-refractivity contribution is -0.141. The van der Waals surface area contributed by atoms with E-state index in [2.05, 4.69) is 0 Å². The summed E-state index contributed by atoms with van der Waals surface area (Å²) in [5.41, 5.74) is 0. The van der Waals surface area contributed by atoms with Crippen LogP contribution < -0.4 is 0 Å². The van der Waals surface area contributed by atoms with Crippen molar-refractivity contribution in [2.24, 2.45) is 0 Å². The molecule has 1 aromatic rings. The number of aliphatic carboxylic acids is 1. The molecule has 0 bridgehead atoms. The summed E-state index contributed by atoms with van der Waals surface area (Å²) in [6.45, 7) is 0.701. The van der Waals surface area contributed by atoms with Crippen LogP contribution in [0.15, 0.2) is 35.2 Å². The predicted octanol–water partition coefficient (Wildman–Crippen LogP) is 3.02. The maximum atomic E-state index is 12.3. The van der Waals surface area contributed by atoms with E-state index in [0.29, 0.717) is 13.0 Å². The van der Waals surface area contributed by atoms with Crippen molar-refractivity contribution in [3.63, 3.8) is 0 Å². The summed E-state index contributed by atoms with van der Waals surface area (Å²) in [7, 11) is 0. The van der Waals surface area contributed by atoms with Gasteiger partial charge in [0.1, 0.15) is 0 Å². The summed E-state index contributed by atoms with van der Waals surface area (Å²) >= 11 is 1.66. The van der Waals surface area contributed by atoms with Crippen molar-refractivity contribution in [3.8, 4) is 0 Å². The third-order valence-corrected chi connectivity index (χ3v) is 4.70. The maximum absolute atomic E-state index is 12.3. The molecule has 1 aliphatic rings. The molecule has 0 aromatic heterocycles. The summed E-state index contributed by atoms with van der Waals surface area (Å²) in [5.74, 6) is 0.00168. The number of carboxylic acids is 1. The van der Waals surface area contributed by atoms with Crippen LogP contribution >= 0.6 is 11.8 Å². The summed E-state index contributed by atoms with van der Waals surface area (Å²) in [5, 5.41) is 8.95. The van der Waals surface area contributed by atoms with E-state index in [9.17, 15) is 9.59 Å². The second kappa shape index (κ2) is 8.08. The van der Waals surface area contributed by atoms with Gasteiger partial charge in [0.2, 0.25) is 5.91 Å². The molecule has 5 heteroatoms. The third-order valence-electron chi connectivity index (χ3n) is 3.69. The van der Waals surface area contributed by atoms with Crippen molar-refractivity contribution in [1.29, 1.82) is 0 Å². The zero-order chi connectivity index (χ0) is 15.1. The number of likely N-dealkylation sites (tertiary alicyclic amines) is 1. The first-order valence-electron chi connectivity index (χ1n) is 7.36. The Kier molecular flexibility index (Phi) is 6.11. The molecule has 0 aliphatic carbocycles. The fourth-order valence-electron chi connectivity index (χ4n) is 2.66. The first-order chi connectivity index (χ1) is 10.2. The summed E-state index contributed by atoms with van der Waals surface area (Å²) in [4.78, 5) is 26.1. The van der Waals surface area contributed by atoms with Gasteiger partial charge in [0, 0.05) is 29.7 Å². The Bertz CT molecular complexity index is 478. The van der Waals surface area contributed by atoms with Crippen LogP contribution in [-0.4, -0.2) is 40.2 Å². The Morgan fingerprint density at radius 3 is 2.71 bits per heavy atom. The van der Waals surface area contributed by atoms with Crippen molar-refractivity contribution in [2.75, 3.05) is 12.3 Å². The molecule has 1 amide bonds. The van der Waals surface area contributed by atoms with E-state index in [0.717, 1.165) is 29.9 Å². The van der Waals surface area contributed by atoms with E-state index >= 15 is 0 Å². The van der Waals surface area contributed by atoms with Gasteiger partial charge >= 0.3 is 5.97 Å². The first-order valence-corrected chi connectivity index (χ1v) is 8.34. The van der Waals surface area contributed by atoms with Crippen molar-refractivity contribution >= 4 is 23.6 Å². The molecule has 0 spiro atoms. The second-order valence-corrected chi connectivity index (χ2v) is 6.41. The van der Waals surface area contributed by atoms with Crippen molar-refractivity contribution < 1.29 is 14.7 Å². The van der Waals surface area contributed by atoms with Gasteiger partial charge in [-0.1, -0.05) is 18.2 Å². The Balaban J connectivity index is 1.81. The molecule has 1 heterocycles. The van der Waals surface area contributed by atoms with E-state index in [4.69, 9.17) is 5.11 Å². The van der Waals surface area contributed by atoms with Gasteiger partial charge in [-0.3, -0.25) is 9.59 Å². The van der Waals surface area contributed by atoms with Crippen LogP contribution in [0.5, 0.6) is 0 Å². The van der Waals surface area contributed by atoms with E-state index in [1.165, 1.54) is 0 Å². The lowest BCUT2D eigenvalue weighted by Gasteiger charge is -2.35. The normalized spacial score (nSPS) is 18.5. The predicted molar refractivity (Wildman–Crippen MR) is 83.4 cm³/mol. The van der Waals surface area contributed by atoms with E-state index in [-0.39, 0.29) is 18.4 Å². The Labute approximate surface area is 129 Å². The maximum Gasteiger partial charge on any atom is 0.305 e. The van der Waals surface area contributed by atoms with Gasteiger partial charge in [-0.15, -0.1) is 11.8 Å². The van der Waals surface area contributed by atoms with Crippen molar-refractivity contribution in [2.45, 2.75) is 43.0 Å². The number of carbonyl (C=O) groups is 2. The number of benzene rings is 1. The van der Waals surface area contributed by atoms with Gasteiger partial charge in [-0.05, 0) is 31.4 Å². The molecule has 1 N–H and O–H groups in total. The van der Waals surface area contributed by atoms with Crippen LogP contribution in [0.25, 0.3) is 0 Å². The minimum Gasteiger partial charge on any atom is -0.481 e. The molecule has 1 fully saturated rings. The number of carbonyl (C=O) groups excluding carboxylic acids is 1. The van der Waals surface area contributed by atoms with Gasteiger partial charge in [0.15, 0.2) is 0 Å². The number of hydrogen-bond donors (Lipinski definition) is 1. The number of hydrogen-bond acceptors (Lipinski definition) is 3. The largest absolute Gasteiger partial charge is 0.481 e. The number of piperidine rings is 1. The molecule has 4 nitrogen and oxygen atoms in total. The zero-order valence-electron chi connectivity index (χ0n) is 12.0. The Morgan fingerprint density at radius 1 is 1.24 bits per heavy atom. The minimum absolute atomic E-state index is 0.0670. The zero-order valence-corrected chi connectivity index (χ0v) is 12.8. The molecule has 1 aliphatic heterocycles. The third kappa shape index (κ3) is 5.08. The second-order valence-electron chi connectivity index (χ2n) is 5.25. The van der Waals surface area contributed by atoms with E-state index < -0.39 is 5.97 Å². The average Bonchev–Trinajstić information content (AvgIpc) is 2.48. The molecule has 0 radical (unpaired) electrons. The smallest absolute Gasteiger partial charge is 0.305 e. The fraction of sp³-hybridized carbons (Fsp3) is 0.500. The highest BCUT2D eigenvalue weighted by molar-refractivity contribution is 7.99. The van der Waals surface area contributed by atoms with Crippen LogP contribution in [0.3, 0.4) is 0 Å². The number of rotatable bonds is 6. The fourth-order valence-corrected chi connectivity index (χ4v) is 3.52. The molecule has 0 saturated carbocycles. The molecule has 2 rings (SSSR count). The van der Waals surface area contributed by atoms with Gasteiger partial charge in [-0.2, -0.15) is 0 Å². The van der Waals surface area contributed by atoms with Crippen LogP contribution in [0.1, 0.15) is 32.1 Å². The van der Waals surface area contributed by atoms with Crippen molar-refractivity contribution in [1.82, 2.24) is 4.90 Å². The Hall–Kier alpha value is -1.49. The summed E-state index contributed by atoms with van der Waals surface area (Å²) in [6, 6.07) is 9.88. The molecule has 21 heavy (non-hydrogen) atoms. The van der Waals surface area contributed by atoms with Crippen LogP contribution in [0, 0.1) is 0 Å². The monoisotopic (exact) mass is 307 g/mol. The standard InChI is InChI=1S/C16H21NO3S/c18-15(9-11-21-14-7-2-1-3-8-14)17-10-5-4-6-13(17)12-16(19)20/h1-3,7-8,13H,4-6,9-12H2,(H,19,20). The highest BCUT2D eigenvalue weighted by Crippen LogP contribution is 2.23. The van der Waals surface area contributed by atoms with Crippen LogP contribution in [0.4, 0.5) is 0 Å².